The molecule has 0 saturated carbocycles. The molecule has 1 unspecified atom stereocenters. The van der Waals surface area contributed by atoms with Crippen molar-refractivity contribution in [3.8, 4) is 5.69 Å². The molecular weight excluding hydrogens is 448 g/mol. The third-order valence-corrected chi connectivity index (χ3v) is 8.68. The molecule has 4 nitrogen and oxygen atoms in total. The fourth-order valence-corrected chi connectivity index (χ4v) is 6.61. The Morgan fingerprint density at radius 3 is 2.70 bits per heavy atom. The molecule has 4 aromatic rings. The van der Waals surface area contributed by atoms with Crippen LogP contribution in [-0.4, -0.2) is 15.2 Å². The number of aryl methyl sites for hydroxylation is 2. The molecule has 33 heavy (non-hydrogen) atoms. The van der Waals surface area contributed by atoms with Gasteiger partial charge in [0.1, 0.15) is 4.83 Å². The molecule has 5 rings (SSSR count). The van der Waals surface area contributed by atoms with Crippen LogP contribution in [0, 0.1) is 13.8 Å². The summed E-state index contributed by atoms with van der Waals surface area (Å²) in [7, 11) is 0. The van der Waals surface area contributed by atoms with Gasteiger partial charge in [-0.3, -0.25) is 9.36 Å². The Bertz CT molecular complexity index is 1390. The Kier molecular flexibility index (Phi) is 5.93. The Hall–Kier alpha value is -2.41. The fraction of sp³-hybridized carbons (Fsp3) is 0.333. The lowest BCUT2D eigenvalue weighted by molar-refractivity contribution is -0.0543. The van der Waals surface area contributed by atoms with Gasteiger partial charge in [0.25, 0.3) is 5.56 Å². The van der Waals surface area contributed by atoms with Crippen LogP contribution in [0.4, 0.5) is 0 Å². The van der Waals surface area contributed by atoms with Gasteiger partial charge >= 0.3 is 0 Å². The predicted molar refractivity (Wildman–Crippen MR) is 138 cm³/mol. The summed E-state index contributed by atoms with van der Waals surface area (Å²) in [6.45, 7) is 9.08. The zero-order chi connectivity index (χ0) is 23.2. The van der Waals surface area contributed by atoms with Crippen molar-refractivity contribution in [2.24, 2.45) is 0 Å². The second-order valence-corrected chi connectivity index (χ2v) is 11.1. The maximum atomic E-state index is 14.0. The van der Waals surface area contributed by atoms with Crippen LogP contribution in [0.3, 0.4) is 0 Å². The standard InChI is InChI=1S/C27H28N2O2S2/c1-5-27(4)14-21-22(15-31-27)33-24-23(21)25(30)29(20-9-7-6-8-10-20)26(28-24)32-16-19-12-11-17(2)13-18(19)3/h6-13H,5,14-16H2,1-4H3. The van der Waals surface area contributed by atoms with Gasteiger partial charge in [0.2, 0.25) is 0 Å². The summed E-state index contributed by atoms with van der Waals surface area (Å²) in [5.74, 6) is 0.763. The van der Waals surface area contributed by atoms with Gasteiger partial charge in [-0.1, -0.05) is 60.6 Å². The van der Waals surface area contributed by atoms with Crippen LogP contribution in [0.1, 0.15) is 47.4 Å². The first kappa shape index (κ1) is 22.4. The number of para-hydroxylation sites is 1. The first-order valence-electron chi connectivity index (χ1n) is 11.3. The smallest absolute Gasteiger partial charge is 0.267 e. The van der Waals surface area contributed by atoms with Gasteiger partial charge in [0.15, 0.2) is 5.16 Å². The van der Waals surface area contributed by atoms with E-state index in [1.807, 2.05) is 30.3 Å². The number of aromatic nitrogens is 2. The van der Waals surface area contributed by atoms with E-state index in [0.29, 0.717) is 6.61 Å². The number of benzene rings is 2. The number of hydrogen-bond acceptors (Lipinski definition) is 5. The molecule has 0 N–H and O–H groups in total. The Morgan fingerprint density at radius 2 is 1.97 bits per heavy atom. The quantitative estimate of drug-likeness (QED) is 0.240. The molecule has 0 bridgehead atoms. The van der Waals surface area contributed by atoms with Crippen LogP contribution < -0.4 is 5.56 Å². The van der Waals surface area contributed by atoms with Crippen LogP contribution in [0.15, 0.2) is 58.5 Å². The lowest BCUT2D eigenvalue weighted by Gasteiger charge is -2.32. The minimum Gasteiger partial charge on any atom is -0.369 e. The van der Waals surface area contributed by atoms with Gasteiger partial charge in [-0.15, -0.1) is 11.3 Å². The zero-order valence-electron chi connectivity index (χ0n) is 19.5. The summed E-state index contributed by atoms with van der Waals surface area (Å²) >= 11 is 3.23. The average molecular weight is 477 g/mol. The van der Waals surface area contributed by atoms with Crippen LogP contribution >= 0.6 is 23.1 Å². The topological polar surface area (TPSA) is 44.1 Å². The van der Waals surface area contributed by atoms with E-state index in [-0.39, 0.29) is 11.2 Å². The van der Waals surface area contributed by atoms with E-state index in [1.54, 1.807) is 27.7 Å². The third-order valence-electron chi connectivity index (χ3n) is 6.60. The predicted octanol–water partition coefficient (Wildman–Crippen LogP) is 6.60. The van der Waals surface area contributed by atoms with E-state index >= 15 is 0 Å². The van der Waals surface area contributed by atoms with E-state index in [2.05, 4.69) is 45.9 Å². The van der Waals surface area contributed by atoms with Gasteiger partial charge in [-0.25, -0.2) is 4.98 Å². The molecular formula is C27H28N2O2S2. The molecule has 0 amide bonds. The molecule has 0 radical (unpaired) electrons. The largest absolute Gasteiger partial charge is 0.369 e. The van der Waals surface area contributed by atoms with Crippen LogP contribution in [0.2, 0.25) is 0 Å². The van der Waals surface area contributed by atoms with Crippen molar-refractivity contribution in [3.63, 3.8) is 0 Å². The SMILES string of the molecule is CCC1(C)Cc2c(sc3nc(SCc4ccc(C)cc4C)n(-c4ccccc4)c(=O)c23)CO1. The summed E-state index contributed by atoms with van der Waals surface area (Å²) in [5.41, 5.74) is 5.54. The lowest BCUT2D eigenvalue weighted by Crippen LogP contribution is -2.34. The molecule has 0 saturated heterocycles. The molecule has 6 heteroatoms. The highest BCUT2D eigenvalue weighted by Gasteiger charge is 2.33. The molecule has 2 aromatic heterocycles. The zero-order valence-corrected chi connectivity index (χ0v) is 21.1. The summed E-state index contributed by atoms with van der Waals surface area (Å²) in [5, 5.41) is 1.49. The van der Waals surface area contributed by atoms with Crippen molar-refractivity contribution in [2.45, 2.75) is 63.7 Å². The van der Waals surface area contributed by atoms with E-state index in [9.17, 15) is 4.79 Å². The van der Waals surface area contributed by atoms with Crippen molar-refractivity contribution in [1.29, 1.82) is 0 Å². The molecule has 1 aliphatic heterocycles. The van der Waals surface area contributed by atoms with Gasteiger partial charge in [0, 0.05) is 17.1 Å². The van der Waals surface area contributed by atoms with Gasteiger partial charge < -0.3 is 4.74 Å². The van der Waals surface area contributed by atoms with Crippen molar-refractivity contribution < 1.29 is 4.74 Å². The summed E-state index contributed by atoms with van der Waals surface area (Å²) < 4.78 is 7.95. The summed E-state index contributed by atoms with van der Waals surface area (Å²) in [6, 6.07) is 16.4. The Labute approximate surface area is 202 Å². The second kappa shape index (κ2) is 8.75. The van der Waals surface area contributed by atoms with Crippen molar-refractivity contribution in [3.05, 3.63) is 86.0 Å². The minimum absolute atomic E-state index is 0.0205. The van der Waals surface area contributed by atoms with Crippen LogP contribution in [-0.2, 0) is 23.5 Å². The van der Waals surface area contributed by atoms with Gasteiger partial charge in [0.05, 0.1) is 23.3 Å². The number of rotatable bonds is 5. The van der Waals surface area contributed by atoms with E-state index < -0.39 is 0 Å². The highest BCUT2D eigenvalue weighted by molar-refractivity contribution is 7.98. The molecule has 1 atom stereocenters. The number of thiophene rings is 1. The first-order chi connectivity index (χ1) is 15.9. The highest BCUT2D eigenvalue weighted by Crippen LogP contribution is 2.39. The number of ether oxygens (including phenoxy) is 1. The molecule has 0 spiro atoms. The summed E-state index contributed by atoms with van der Waals surface area (Å²) in [6.07, 6.45) is 1.66. The molecule has 3 heterocycles. The van der Waals surface area contributed by atoms with Gasteiger partial charge in [-0.05, 0) is 56.0 Å². The number of fused-ring (bicyclic) bond motifs is 3. The Morgan fingerprint density at radius 1 is 1.18 bits per heavy atom. The number of nitrogens with zero attached hydrogens (tertiary/aromatic N) is 2. The lowest BCUT2D eigenvalue weighted by atomic mass is 9.90. The van der Waals surface area contributed by atoms with Crippen LogP contribution in [0.5, 0.6) is 0 Å². The second-order valence-electron chi connectivity index (χ2n) is 9.04. The van der Waals surface area contributed by atoms with Gasteiger partial charge in [-0.2, -0.15) is 0 Å². The maximum Gasteiger partial charge on any atom is 0.267 e. The van der Waals surface area contributed by atoms with E-state index in [4.69, 9.17) is 9.72 Å². The first-order valence-corrected chi connectivity index (χ1v) is 13.1. The molecule has 0 fully saturated rings. The van der Waals surface area contributed by atoms with E-state index in [1.165, 1.54) is 16.7 Å². The monoisotopic (exact) mass is 476 g/mol. The molecule has 0 aliphatic carbocycles. The van der Waals surface area contributed by atoms with Crippen molar-refractivity contribution >= 4 is 33.3 Å². The minimum atomic E-state index is -0.235. The molecule has 1 aliphatic rings. The van der Waals surface area contributed by atoms with Crippen LogP contribution in [0.25, 0.3) is 15.9 Å². The highest BCUT2D eigenvalue weighted by atomic mass is 32.2. The van der Waals surface area contributed by atoms with Crippen molar-refractivity contribution in [2.75, 3.05) is 0 Å². The number of hydrogen-bond donors (Lipinski definition) is 0. The number of thioether (sulfide) groups is 1. The maximum absolute atomic E-state index is 14.0. The fourth-order valence-electron chi connectivity index (χ4n) is 4.38. The van der Waals surface area contributed by atoms with E-state index in [0.717, 1.165) is 50.1 Å². The molecule has 2 aromatic carbocycles. The third kappa shape index (κ3) is 4.16. The average Bonchev–Trinajstić information content (AvgIpc) is 3.16. The summed E-state index contributed by atoms with van der Waals surface area (Å²) in [4.78, 5) is 21.0. The van der Waals surface area contributed by atoms with Crippen molar-refractivity contribution in [1.82, 2.24) is 9.55 Å². The Balaban J connectivity index is 1.65. The molecule has 170 valence electrons. The normalized spacial score (nSPS) is 17.9.